The van der Waals surface area contributed by atoms with Gasteiger partial charge in [-0.05, 0) is 33.2 Å². The second-order valence-corrected chi connectivity index (χ2v) is 4.86. The Hall–Kier alpha value is -1.36. The first-order valence-corrected chi connectivity index (χ1v) is 7.19. The summed E-state index contributed by atoms with van der Waals surface area (Å²) in [6, 6.07) is 0.531. The van der Waals surface area contributed by atoms with E-state index in [1.807, 2.05) is 13.8 Å². The number of nitrogens with one attached hydrogen (secondary N) is 1. The molecule has 1 atom stereocenters. The van der Waals surface area contributed by atoms with Gasteiger partial charge in [-0.25, -0.2) is 9.97 Å². The van der Waals surface area contributed by atoms with Crippen LogP contribution in [-0.2, 0) is 0 Å². The second-order valence-electron chi connectivity index (χ2n) is 4.86. The normalized spacial score (nSPS) is 18.9. The summed E-state index contributed by atoms with van der Waals surface area (Å²) in [5.74, 6) is 1.74. The van der Waals surface area contributed by atoms with Gasteiger partial charge in [0.25, 0.3) is 0 Å². The molecule has 1 fully saturated rings. The fourth-order valence-corrected chi connectivity index (χ4v) is 2.63. The van der Waals surface area contributed by atoms with Crippen LogP contribution in [0.25, 0.3) is 0 Å². The molecule has 5 heteroatoms. The van der Waals surface area contributed by atoms with E-state index in [2.05, 4.69) is 27.1 Å². The molecule has 1 aromatic rings. The average molecular weight is 264 g/mol. The first-order chi connectivity index (χ1) is 9.27. The van der Waals surface area contributed by atoms with Crippen LogP contribution >= 0.6 is 0 Å². The SMILES string of the molecule is CCNCC1CCCN1c1ncnc(OCC)c1C. The van der Waals surface area contributed by atoms with Crippen molar-refractivity contribution < 1.29 is 4.74 Å². The third-order valence-electron chi connectivity index (χ3n) is 3.57. The predicted octanol–water partition coefficient (Wildman–Crippen LogP) is 1.76. The van der Waals surface area contributed by atoms with Crippen LogP contribution in [0.2, 0.25) is 0 Å². The number of hydrogen-bond acceptors (Lipinski definition) is 5. The summed E-state index contributed by atoms with van der Waals surface area (Å²) in [7, 11) is 0. The van der Waals surface area contributed by atoms with Crippen molar-refractivity contribution in [2.45, 2.75) is 39.7 Å². The second kappa shape index (κ2) is 6.70. The molecule has 0 amide bonds. The molecule has 5 nitrogen and oxygen atoms in total. The number of ether oxygens (including phenoxy) is 1. The van der Waals surface area contributed by atoms with E-state index in [1.165, 1.54) is 12.8 Å². The molecule has 1 aliphatic heterocycles. The van der Waals surface area contributed by atoms with E-state index in [0.717, 1.165) is 31.0 Å². The van der Waals surface area contributed by atoms with Crippen molar-refractivity contribution in [3.63, 3.8) is 0 Å². The summed E-state index contributed by atoms with van der Waals surface area (Å²) in [6.07, 6.45) is 4.06. The van der Waals surface area contributed by atoms with Gasteiger partial charge in [0.2, 0.25) is 5.88 Å². The Labute approximate surface area is 115 Å². The summed E-state index contributed by atoms with van der Waals surface area (Å²) in [4.78, 5) is 11.1. The van der Waals surface area contributed by atoms with Gasteiger partial charge >= 0.3 is 0 Å². The molecule has 0 aliphatic carbocycles. The van der Waals surface area contributed by atoms with Crippen molar-refractivity contribution in [3.05, 3.63) is 11.9 Å². The predicted molar refractivity (Wildman–Crippen MR) is 76.8 cm³/mol. The van der Waals surface area contributed by atoms with Gasteiger partial charge < -0.3 is 15.0 Å². The van der Waals surface area contributed by atoms with E-state index in [9.17, 15) is 0 Å². The number of aromatic nitrogens is 2. The number of hydrogen-bond donors (Lipinski definition) is 1. The van der Waals surface area contributed by atoms with Crippen LogP contribution in [-0.4, -0.2) is 42.3 Å². The lowest BCUT2D eigenvalue weighted by atomic mass is 10.2. The highest BCUT2D eigenvalue weighted by Crippen LogP contribution is 2.29. The maximum absolute atomic E-state index is 5.56. The molecule has 2 heterocycles. The molecule has 19 heavy (non-hydrogen) atoms. The van der Waals surface area contributed by atoms with E-state index in [0.29, 0.717) is 18.5 Å². The zero-order chi connectivity index (χ0) is 13.7. The topological polar surface area (TPSA) is 50.3 Å². The fraction of sp³-hybridized carbons (Fsp3) is 0.714. The average Bonchev–Trinajstić information content (AvgIpc) is 2.87. The van der Waals surface area contributed by atoms with E-state index in [4.69, 9.17) is 4.74 Å². The summed E-state index contributed by atoms with van der Waals surface area (Å²) in [6.45, 7) is 9.90. The Balaban J connectivity index is 2.18. The molecule has 2 rings (SSSR count). The highest BCUT2D eigenvalue weighted by molar-refractivity contribution is 5.51. The zero-order valence-electron chi connectivity index (χ0n) is 12.1. The van der Waals surface area contributed by atoms with Gasteiger partial charge in [-0.15, -0.1) is 0 Å². The Morgan fingerprint density at radius 1 is 1.42 bits per heavy atom. The van der Waals surface area contributed by atoms with Crippen molar-refractivity contribution in [3.8, 4) is 5.88 Å². The summed E-state index contributed by atoms with van der Waals surface area (Å²) >= 11 is 0. The van der Waals surface area contributed by atoms with Crippen molar-refractivity contribution in [2.24, 2.45) is 0 Å². The maximum atomic E-state index is 5.56. The van der Waals surface area contributed by atoms with Crippen LogP contribution in [0.15, 0.2) is 6.33 Å². The Morgan fingerprint density at radius 2 is 2.26 bits per heavy atom. The van der Waals surface area contributed by atoms with E-state index < -0.39 is 0 Å². The number of likely N-dealkylation sites (N-methyl/N-ethyl adjacent to an activating group) is 1. The molecule has 1 unspecified atom stereocenters. The van der Waals surface area contributed by atoms with Crippen molar-refractivity contribution in [2.75, 3.05) is 31.1 Å². The van der Waals surface area contributed by atoms with Crippen LogP contribution in [0.3, 0.4) is 0 Å². The first kappa shape index (κ1) is 14.1. The minimum absolute atomic E-state index is 0.531. The minimum Gasteiger partial charge on any atom is -0.478 e. The molecule has 0 spiro atoms. The highest BCUT2D eigenvalue weighted by Gasteiger charge is 2.27. The molecule has 1 saturated heterocycles. The van der Waals surface area contributed by atoms with Gasteiger partial charge in [-0.2, -0.15) is 0 Å². The zero-order valence-corrected chi connectivity index (χ0v) is 12.1. The standard InChI is InChI=1S/C14H24N4O/c1-4-15-9-12-7-6-8-18(12)13-11(3)14(19-5-2)17-10-16-13/h10,12,15H,4-9H2,1-3H3. The fourth-order valence-electron chi connectivity index (χ4n) is 2.63. The largest absolute Gasteiger partial charge is 0.478 e. The molecule has 1 N–H and O–H groups in total. The lowest BCUT2D eigenvalue weighted by molar-refractivity contribution is 0.323. The van der Waals surface area contributed by atoms with Crippen molar-refractivity contribution in [1.29, 1.82) is 0 Å². The van der Waals surface area contributed by atoms with E-state index in [1.54, 1.807) is 6.33 Å². The van der Waals surface area contributed by atoms with Crippen LogP contribution < -0.4 is 15.0 Å². The third-order valence-corrected chi connectivity index (χ3v) is 3.57. The Bertz CT molecular complexity index is 410. The van der Waals surface area contributed by atoms with Gasteiger partial charge in [0, 0.05) is 19.1 Å². The first-order valence-electron chi connectivity index (χ1n) is 7.19. The summed E-state index contributed by atoms with van der Waals surface area (Å²) in [5.41, 5.74) is 1.05. The quantitative estimate of drug-likeness (QED) is 0.848. The molecule has 1 aliphatic rings. The van der Waals surface area contributed by atoms with Gasteiger partial charge in [-0.3, -0.25) is 0 Å². The molecule has 0 aromatic carbocycles. The van der Waals surface area contributed by atoms with E-state index in [-0.39, 0.29) is 0 Å². The van der Waals surface area contributed by atoms with Crippen molar-refractivity contribution in [1.82, 2.24) is 15.3 Å². The lowest BCUT2D eigenvalue weighted by Crippen LogP contribution is -2.38. The lowest BCUT2D eigenvalue weighted by Gasteiger charge is -2.27. The summed E-state index contributed by atoms with van der Waals surface area (Å²) < 4.78 is 5.56. The van der Waals surface area contributed by atoms with Gasteiger partial charge in [-0.1, -0.05) is 6.92 Å². The smallest absolute Gasteiger partial charge is 0.221 e. The summed E-state index contributed by atoms with van der Waals surface area (Å²) in [5, 5.41) is 3.43. The number of nitrogens with zero attached hydrogens (tertiary/aromatic N) is 3. The van der Waals surface area contributed by atoms with Crippen LogP contribution in [0, 0.1) is 6.92 Å². The molecule has 106 valence electrons. The molecular weight excluding hydrogens is 240 g/mol. The molecule has 0 radical (unpaired) electrons. The van der Waals surface area contributed by atoms with E-state index >= 15 is 0 Å². The van der Waals surface area contributed by atoms with Crippen LogP contribution in [0.4, 0.5) is 5.82 Å². The van der Waals surface area contributed by atoms with Crippen LogP contribution in [0.5, 0.6) is 5.88 Å². The monoisotopic (exact) mass is 264 g/mol. The van der Waals surface area contributed by atoms with Gasteiger partial charge in [0.1, 0.15) is 12.1 Å². The van der Waals surface area contributed by atoms with Crippen molar-refractivity contribution >= 4 is 5.82 Å². The molecular formula is C14H24N4O. The third kappa shape index (κ3) is 3.15. The minimum atomic E-state index is 0.531. The maximum Gasteiger partial charge on any atom is 0.221 e. The Kier molecular flexibility index (Phi) is 4.96. The Morgan fingerprint density at radius 3 is 3.00 bits per heavy atom. The number of rotatable bonds is 6. The highest BCUT2D eigenvalue weighted by atomic mass is 16.5. The van der Waals surface area contributed by atoms with Crippen LogP contribution in [0.1, 0.15) is 32.3 Å². The molecule has 0 saturated carbocycles. The van der Waals surface area contributed by atoms with Gasteiger partial charge in [0.15, 0.2) is 0 Å². The van der Waals surface area contributed by atoms with Gasteiger partial charge in [0.05, 0.1) is 12.2 Å². The molecule has 0 bridgehead atoms. The molecule has 1 aromatic heterocycles. The number of anilines is 1.